The van der Waals surface area contributed by atoms with Gasteiger partial charge in [-0.15, -0.1) is 0 Å². The van der Waals surface area contributed by atoms with E-state index in [0.717, 1.165) is 6.42 Å². The third kappa shape index (κ3) is 1.16. The predicted octanol–water partition coefficient (Wildman–Crippen LogP) is 3.88. The van der Waals surface area contributed by atoms with Crippen LogP contribution in [-0.4, -0.2) is 4.98 Å². The first-order valence-corrected chi connectivity index (χ1v) is 5.38. The summed E-state index contributed by atoms with van der Waals surface area (Å²) in [5.41, 5.74) is 3.90. The Labute approximate surface area is 88.7 Å². The lowest BCUT2D eigenvalue weighted by Gasteiger charge is -1.99. The van der Waals surface area contributed by atoms with Gasteiger partial charge in [0.05, 0.1) is 0 Å². The average Bonchev–Trinajstić information content (AvgIpc) is 2.67. The molecule has 15 heavy (non-hydrogen) atoms. The zero-order valence-corrected chi connectivity index (χ0v) is 8.75. The normalized spacial score (nSPS) is 11.3. The van der Waals surface area contributed by atoms with E-state index in [1.54, 1.807) is 0 Å². The second-order valence-electron chi connectivity index (χ2n) is 3.86. The van der Waals surface area contributed by atoms with Crippen molar-refractivity contribution in [2.24, 2.45) is 0 Å². The number of rotatable bonds is 1. The van der Waals surface area contributed by atoms with Gasteiger partial charge >= 0.3 is 0 Å². The molecule has 0 bridgehead atoms. The molecule has 1 heterocycles. The molecule has 0 aliphatic carbocycles. The highest BCUT2D eigenvalue weighted by atomic mass is 14.7. The molecule has 0 spiro atoms. The van der Waals surface area contributed by atoms with Crippen LogP contribution in [-0.2, 0) is 6.42 Å². The summed E-state index contributed by atoms with van der Waals surface area (Å²) in [6.45, 7) is 2.20. The van der Waals surface area contributed by atoms with Crippen LogP contribution in [0.1, 0.15) is 12.5 Å². The van der Waals surface area contributed by atoms with Crippen LogP contribution in [0.4, 0.5) is 0 Å². The van der Waals surface area contributed by atoms with Crippen LogP contribution >= 0.6 is 0 Å². The summed E-state index contributed by atoms with van der Waals surface area (Å²) in [4.78, 5) is 3.45. The molecule has 0 aliphatic rings. The maximum absolute atomic E-state index is 3.45. The Morgan fingerprint density at radius 2 is 1.73 bits per heavy atom. The molecule has 0 atom stereocenters. The van der Waals surface area contributed by atoms with Crippen molar-refractivity contribution in [2.75, 3.05) is 0 Å². The van der Waals surface area contributed by atoms with E-state index in [0.29, 0.717) is 0 Å². The number of aromatic nitrogens is 1. The molecule has 0 unspecified atom stereocenters. The van der Waals surface area contributed by atoms with Crippen molar-refractivity contribution in [3.05, 3.63) is 48.0 Å². The first kappa shape index (κ1) is 8.54. The van der Waals surface area contributed by atoms with Crippen LogP contribution < -0.4 is 0 Å². The van der Waals surface area contributed by atoms with Crippen molar-refractivity contribution in [3.8, 4) is 0 Å². The maximum Gasteiger partial charge on any atom is 0.0467 e. The number of hydrogen-bond acceptors (Lipinski definition) is 0. The number of benzene rings is 2. The van der Waals surface area contributed by atoms with Gasteiger partial charge in [0.25, 0.3) is 0 Å². The standard InChI is InChI=1S/C14H13N/c1-2-10-6-5-9-13-14(10)11-7-3-4-8-12(11)15-13/h3-9,15H,2H2,1H3. The largest absolute Gasteiger partial charge is 0.355 e. The predicted molar refractivity (Wildman–Crippen MR) is 65.2 cm³/mol. The summed E-state index contributed by atoms with van der Waals surface area (Å²) in [6, 6.07) is 15.0. The molecule has 3 aromatic rings. The second-order valence-corrected chi connectivity index (χ2v) is 3.86. The van der Waals surface area contributed by atoms with Crippen molar-refractivity contribution in [1.82, 2.24) is 4.98 Å². The van der Waals surface area contributed by atoms with E-state index >= 15 is 0 Å². The van der Waals surface area contributed by atoms with Crippen molar-refractivity contribution in [3.63, 3.8) is 0 Å². The summed E-state index contributed by atoms with van der Waals surface area (Å²) in [6.07, 6.45) is 1.08. The van der Waals surface area contributed by atoms with E-state index in [4.69, 9.17) is 0 Å². The van der Waals surface area contributed by atoms with Gasteiger partial charge in [-0.1, -0.05) is 37.3 Å². The van der Waals surface area contributed by atoms with E-state index < -0.39 is 0 Å². The van der Waals surface area contributed by atoms with Crippen LogP contribution in [0, 0.1) is 0 Å². The molecule has 3 rings (SSSR count). The third-order valence-electron chi connectivity index (χ3n) is 3.00. The molecule has 0 saturated carbocycles. The summed E-state index contributed by atoms with van der Waals surface area (Å²) >= 11 is 0. The number of aryl methyl sites for hydroxylation is 1. The van der Waals surface area contributed by atoms with Crippen LogP contribution in [0.2, 0.25) is 0 Å². The highest BCUT2D eigenvalue weighted by molar-refractivity contribution is 6.08. The lowest BCUT2D eigenvalue weighted by molar-refractivity contribution is 1.16. The molecule has 0 radical (unpaired) electrons. The molecule has 1 N–H and O–H groups in total. The van der Waals surface area contributed by atoms with Crippen LogP contribution in [0.3, 0.4) is 0 Å². The number of nitrogens with one attached hydrogen (secondary N) is 1. The summed E-state index contributed by atoms with van der Waals surface area (Å²) in [5.74, 6) is 0. The number of aromatic amines is 1. The SMILES string of the molecule is CCc1cccc2[nH]c3ccccc3c12. The van der Waals surface area contributed by atoms with Gasteiger partial charge in [-0.3, -0.25) is 0 Å². The number of hydrogen-bond donors (Lipinski definition) is 1. The molecule has 0 aliphatic heterocycles. The maximum atomic E-state index is 3.45. The topological polar surface area (TPSA) is 15.8 Å². The van der Waals surface area contributed by atoms with Crippen molar-refractivity contribution in [1.29, 1.82) is 0 Å². The summed E-state index contributed by atoms with van der Waals surface area (Å²) in [7, 11) is 0. The van der Waals surface area contributed by atoms with Gasteiger partial charge in [-0.05, 0) is 24.1 Å². The van der Waals surface area contributed by atoms with Gasteiger partial charge < -0.3 is 4.98 Å². The zero-order valence-electron chi connectivity index (χ0n) is 8.75. The number of para-hydroxylation sites is 1. The Bertz CT molecular complexity index is 619. The Kier molecular flexibility index (Phi) is 1.78. The molecular weight excluding hydrogens is 182 g/mol. The fraction of sp³-hybridized carbons (Fsp3) is 0.143. The molecule has 1 heteroatoms. The molecular formula is C14H13N. The van der Waals surface area contributed by atoms with Gasteiger partial charge in [0.1, 0.15) is 0 Å². The average molecular weight is 195 g/mol. The van der Waals surface area contributed by atoms with E-state index in [1.165, 1.54) is 27.4 Å². The van der Waals surface area contributed by atoms with Gasteiger partial charge in [0.2, 0.25) is 0 Å². The van der Waals surface area contributed by atoms with Crippen molar-refractivity contribution >= 4 is 21.8 Å². The Balaban J connectivity index is 2.56. The van der Waals surface area contributed by atoms with E-state index in [2.05, 4.69) is 54.4 Å². The first-order chi connectivity index (χ1) is 7.40. The van der Waals surface area contributed by atoms with Gasteiger partial charge in [-0.25, -0.2) is 0 Å². The molecule has 0 saturated heterocycles. The van der Waals surface area contributed by atoms with Crippen LogP contribution in [0.25, 0.3) is 21.8 Å². The molecule has 0 amide bonds. The Morgan fingerprint density at radius 3 is 2.60 bits per heavy atom. The van der Waals surface area contributed by atoms with Crippen molar-refractivity contribution < 1.29 is 0 Å². The summed E-state index contributed by atoms with van der Waals surface area (Å²) in [5, 5.41) is 2.72. The smallest absolute Gasteiger partial charge is 0.0467 e. The molecule has 0 fully saturated rings. The van der Waals surface area contributed by atoms with E-state index in [-0.39, 0.29) is 0 Å². The number of H-pyrrole nitrogens is 1. The van der Waals surface area contributed by atoms with Gasteiger partial charge in [0.15, 0.2) is 0 Å². The summed E-state index contributed by atoms with van der Waals surface area (Å²) < 4.78 is 0. The van der Waals surface area contributed by atoms with Crippen LogP contribution in [0.5, 0.6) is 0 Å². The second kappa shape index (κ2) is 3.13. The van der Waals surface area contributed by atoms with Crippen LogP contribution in [0.15, 0.2) is 42.5 Å². The Morgan fingerprint density at radius 1 is 0.933 bits per heavy atom. The van der Waals surface area contributed by atoms with Crippen molar-refractivity contribution in [2.45, 2.75) is 13.3 Å². The van der Waals surface area contributed by atoms with E-state index in [9.17, 15) is 0 Å². The lowest BCUT2D eigenvalue weighted by atomic mass is 10.0. The third-order valence-corrected chi connectivity index (χ3v) is 3.00. The first-order valence-electron chi connectivity index (χ1n) is 5.38. The monoisotopic (exact) mass is 195 g/mol. The highest BCUT2D eigenvalue weighted by Crippen LogP contribution is 2.28. The molecule has 2 aromatic carbocycles. The van der Waals surface area contributed by atoms with Gasteiger partial charge in [-0.2, -0.15) is 0 Å². The fourth-order valence-corrected chi connectivity index (χ4v) is 2.27. The minimum atomic E-state index is 1.08. The van der Waals surface area contributed by atoms with E-state index in [1.807, 2.05) is 0 Å². The molecule has 1 aromatic heterocycles. The van der Waals surface area contributed by atoms with Gasteiger partial charge in [0, 0.05) is 21.8 Å². The Hall–Kier alpha value is -1.76. The zero-order chi connectivity index (χ0) is 10.3. The highest BCUT2D eigenvalue weighted by Gasteiger charge is 2.05. The fourth-order valence-electron chi connectivity index (χ4n) is 2.27. The lowest BCUT2D eigenvalue weighted by Crippen LogP contribution is -1.80. The minimum Gasteiger partial charge on any atom is -0.355 e. The minimum absolute atomic E-state index is 1.08. The molecule has 74 valence electrons. The number of fused-ring (bicyclic) bond motifs is 3. The quantitative estimate of drug-likeness (QED) is 0.606. The molecule has 1 nitrogen and oxygen atoms in total.